The van der Waals surface area contributed by atoms with Gasteiger partial charge in [-0.25, -0.2) is 4.39 Å². The molecule has 0 saturated heterocycles. The molecule has 0 heterocycles. The molecule has 2 unspecified atom stereocenters. The number of ether oxygens (including phenoxy) is 2. The number of benzene rings is 1. The molecule has 0 aliphatic heterocycles. The molecule has 0 aliphatic carbocycles. The summed E-state index contributed by atoms with van der Waals surface area (Å²) in [6.07, 6.45) is -2.51. The molecule has 106 valence electrons. The molecule has 1 aromatic rings. The van der Waals surface area contributed by atoms with Gasteiger partial charge in [0.25, 0.3) is 0 Å². The molecule has 5 nitrogen and oxygen atoms in total. The molecule has 0 aromatic heterocycles. The lowest BCUT2D eigenvalue weighted by molar-refractivity contribution is -0.0597. The molecule has 0 radical (unpaired) electrons. The highest BCUT2D eigenvalue weighted by molar-refractivity contribution is 5.23. The maximum Gasteiger partial charge on any atom is 0.182 e. The lowest BCUT2D eigenvalue weighted by Crippen LogP contribution is -2.25. The van der Waals surface area contributed by atoms with Crippen molar-refractivity contribution in [1.82, 2.24) is 0 Å². The van der Waals surface area contributed by atoms with Crippen LogP contribution >= 0.6 is 0 Å². The summed E-state index contributed by atoms with van der Waals surface area (Å²) in [5, 5.41) is 28.7. The molecule has 1 rings (SSSR count). The number of aliphatic hydroxyl groups is 3. The van der Waals surface area contributed by atoms with Gasteiger partial charge in [0, 0.05) is 7.11 Å². The van der Waals surface area contributed by atoms with E-state index in [1.807, 2.05) is 0 Å². The van der Waals surface area contributed by atoms with Crippen LogP contribution < -0.4 is 4.74 Å². The van der Waals surface area contributed by atoms with E-state index < -0.39 is 18.2 Å². The van der Waals surface area contributed by atoms with Crippen LogP contribution in [0.15, 0.2) is 35.6 Å². The summed E-state index contributed by atoms with van der Waals surface area (Å²) in [6, 6.07) is 5.24. The Labute approximate surface area is 110 Å². The number of aliphatic hydroxyl groups excluding tert-OH is 3. The van der Waals surface area contributed by atoms with Crippen LogP contribution in [-0.2, 0) is 4.74 Å². The van der Waals surface area contributed by atoms with Crippen molar-refractivity contribution < 1.29 is 29.2 Å². The first-order chi connectivity index (χ1) is 8.95. The van der Waals surface area contributed by atoms with Gasteiger partial charge < -0.3 is 24.8 Å². The second-order valence-electron chi connectivity index (χ2n) is 3.91. The Morgan fingerprint density at radius 2 is 1.84 bits per heavy atom. The number of rotatable bonds is 6. The second kappa shape index (κ2) is 7.08. The summed E-state index contributed by atoms with van der Waals surface area (Å²) in [4.78, 5) is 0. The minimum absolute atomic E-state index is 0.0791. The first-order valence-electron chi connectivity index (χ1n) is 5.65. The highest BCUT2D eigenvalue weighted by Gasteiger charge is 2.20. The molecular weight excluding hydrogens is 255 g/mol. The summed E-state index contributed by atoms with van der Waals surface area (Å²) in [7, 11) is 1.24. The number of halogens is 1. The average Bonchev–Trinajstić information content (AvgIpc) is 2.37. The van der Waals surface area contributed by atoms with Gasteiger partial charge in [0.05, 0.1) is 11.7 Å². The van der Waals surface area contributed by atoms with Crippen molar-refractivity contribution in [2.45, 2.75) is 19.3 Å². The molecule has 0 aliphatic rings. The fourth-order valence-corrected chi connectivity index (χ4v) is 1.48. The van der Waals surface area contributed by atoms with E-state index in [1.165, 1.54) is 38.3 Å². The standard InChI is InChI=1S/C13H17FO5/c1-8(15)12(13(17)18-2)11(16)7-19-10-5-3-9(14)4-6-10/h3-6,8,13,15-17H,7H2,1-2H3/b12-11+. The minimum atomic E-state index is -1.42. The van der Waals surface area contributed by atoms with E-state index in [2.05, 4.69) is 4.74 Å². The Hall–Kier alpha value is -1.63. The lowest BCUT2D eigenvalue weighted by atomic mass is 10.1. The van der Waals surface area contributed by atoms with Crippen LogP contribution in [0.25, 0.3) is 0 Å². The van der Waals surface area contributed by atoms with Crippen molar-refractivity contribution >= 4 is 0 Å². The van der Waals surface area contributed by atoms with Crippen LogP contribution in [-0.4, -0.2) is 41.4 Å². The zero-order chi connectivity index (χ0) is 14.4. The SMILES string of the molecule is COC(O)/C(=C(/O)COc1ccc(F)cc1)C(C)O. The van der Waals surface area contributed by atoms with E-state index in [4.69, 9.17) is 4.74 Å². The molecule has 2 atom stereocenters. The largest absolute Gasteiger partial charge is 0.508 e. The summed E-state index contributed by atoms with van der Waals surface area (Å²) >= 11 is 0. The Bertz CT molecular complexity index is 427. The Kier molecular flexibility index (Phi) is 5.75. The number of methoxy groups -OCH3 is 1. The van der Waals surface area contributed by atoms with Crippen LogP contribution in [0.5, 0.6) is 5.75 Å². The third-order valence-electron chi connectivity index (χ3n) is 2.46. The van der Waals surface area contributed by atoms with Crippen molar-refractivity contribution in [2.24, 2.45) is 0 Å². The number of hydrogen-bond acceptors (Lipinski definition) is 5. The molecule has 0 fully saturated rings. The van der Waals surface area contributed by atoms with Crippen molar-refractivity contribution in [3.63, 3.8) is 0 Å². The van der Waals surface area contributed by atoms with E-state index in [-0.39, 0.29) is 17.9 Å². The van der Waals surface area contributed by atoms with Crippen LogP contribution in [0, 0.1) is 5.82 Å². The fraction of sp³-hybridized carbons (Fsp3) is 0.385. The third kappa shape index (κ3) is 4.51. The summed E-state index contributed by atoms with van der Waals surface area (Å²) in [6.45, 7) is 1.11. The predicted octanol–water partition coefficient (Wildman–Crippen LogP) is 1.36. The maximum absolute atomic E-state index is 12.7. The molecule has 1 aromatic carbocycles. The average molecular weight is 272 g/mol. The van der Waals surface area contributed by atoms with Gasteiger partial charge in [-0.3, -0.25) is 0 Å². The zero-order valence-electron chi connectivity index (χ0n) is 10.7. The molecule has 0 bridgehead atoms. The molecule has 6 heteroatoms. The fourth-order valence-electron chi connectivity index (χ4n) is 1.48. The highest BCUT2D eigenvalue weighted by Crippen LogP contribution is 2.16. The molecule has 19 heavy (non-hydrogen) atoms. The van der Waals surface area contributed by atoms with Gasteiger partial charge in [-0.1, -0.05) is 0 Å². The zero-order valence-corrected chi connectivity index (χ0v) is 10.7. The molecule has 0 amide bonds. The second-order valence-corrected chi connectivity index (χ2v) is 3.91. The van der Waals surface area contributed by atoms with Crippen LogP contribution in [0.3, 0.4) is 0 Å². The van der Waals surface area contributed by atoms with E-state index in [1.54, 1.807) is 0 Å². The molecule has 0 spiro atoms. The maximum atomic E-state index is 12.7. The first-order valence-corrected chi connectivity index (χ1v) is 5.65. The molecule has 0 saturated carbocycles. The lowest BCUT2D eigenvalue weighted by Gasteiger charge is -2.18. The topological polar surface area (TPSA) is 79.2 Å². The summed E-state index contributed by atoms with van der Waals surface area (Å²) in [5.74, 6) is -0.384. The van der Waals surface area contributed by atoms with Gasteiger partial charge in [-0.05, 0) is 31.2 Å². The van der Waals surface area contributed by atoms with Crippen molar-refractivity contribution in [1.29, 1.82) is 0 Å². The van der Waals surface area contributed by atoms with Crippen molar-refractivity contribution in [2.75, 3.05) is 13.7 Å². The smallest absolute Gasteiger partial charge is 0.182 e. The van der Waals surface area contributed by atoms with E-state index in [9.17, 15) is 19.7 Å². The Balaban J connectivity index is 2.75. The normalized spacial score (nSPS) is 15.6. The quantitative estimate of drug-likeness (QED) is 0.538. The van der Waals surface area contributed by atoms with Crippen molar-refractivity contribution in [3.05, 3.63) is 41.4 Å². The summed E-state index contributed by atoms with van der Waals surface area (Å²) < 4.78 is 22.5. The third-order valence-corrected chi connectivity index (χ3v) is 2.46. The Morgan fingerprint density at radius 1 is 1.26 bits per heavy atom. The predicted molar refractivity (Wildman–Crippen MR) is 66.2 cm³/mol. The van der Waals surface area contributed by atoms with Crippen molar-refractivity contribution in [3.8, 4) is 5.75 Å². The van der Waals surface area contributed by atoms with Gasteiger partial charge in [0.2, 0.25) is 0 Å². The summed E-state index contributed by atoms with van der Waals surface area (Å²) in [5.41, 5.74) is -0.0791. The Morgan fingerprint density at radius 3 is 2.32 bits per heavy atom. The highest BCUT2D eigenvalue weighted by atomic mass is 19.1. The van der Waals surface area contributed by atoms with Crippen LogP contribution in [0.1, 0.15) is 6.92 Å². The van der Waals surface area contributed by atoms with Gasteiger partial charge in [0.15, 0.2) is 6.29 Å². The van der Waals surface area contributed by atoms with E-state index in [0.717, 1.165) is 0 Å². The van der Waals surface area contributed by atoms with Gasteiger partial charge in [-0.15, -0.1) is 0 Å². The molecule has 3 N–H and O–H groups in total. The molecular formula is C13H17FO5. The van der Waals surface area contributed by atoms with Gasteiger partial charge >= 0.3 is 0 Å². The van der Waals surface area contributed by atoms with E-state index in [0.29, 0.717) is 5.75 Å². The van der Waals surface area contributed by atoms with Gasteiger partial charge in [-0.2, -0.15) is 0 Å². The van der Waals surface area contributed by atoms with Crippen LogP contribution in [0.2, 0.25) is 0 Å². The first kappa shape index (κ1) is 15.4. The number of hydrogen-bond donors (Lipinski definition) is 3. The van der Waals surface area contributed by atoms with Gasteiger partial charge in [0.1, 0.15) is 23.9 Å². The minimum Gasteiger partial charge on any atom is -0.508 e. The van der Waals surface area contributed by atoms with Crippen LogP contribution in [0.4, 0.5) is 4.39 Å². The monoisotopic (exact) mass is 272 g/mol. The van der Waals surface area contributed by atoms with E-state index >= 15 is 0 Å².